The Morgan fingerprint density at radius 3 is 3.00 bits per heavy atom. The van der Waals surface area contributed by atoms with Crippen LogP contribution < -0.4 is 16.0 Å². The van der Waals surface area contributed by atoms with Crippen LogP contribution in [0.1, 0.15) is 25.5 Å². The van der Waals surface area contributed by atoms with Crippen LogP contribution in [-0.4, -0.2) is 20.6 Å². The van der Waals surface area contributed by atoms with Crippen molar-refractivity contribution in [2.24, 2.45) is 0 Å². The molecule has 1 atom stereocenters. The minimum atomic E-state index is -0.430. The molecule has 28 heavy (non-hydrogen) atoms. The minimum absolute atomic E-state index is 0.0124. The molecule has 142 valence electrons. The molecule has 2 aromatic rings. The van der Waals surface area contributed by atoms with E-state index in [9.17, 15) is 10.1 Å². The van der Waals surface area contributed by atoms with E-state index < -0.39 is 4.92 Å². The molecular formula is C20H20N6O2. The van der Waals surface area contributed by atoms with Gasteiger partial charge in [-0.1, -0.05) is 25.5 Å². The van der Waals surface area contributed by atoms with E-state index in [-0.39, 0.29) is 11.4 Å². The van der Waals surface area contributed by atoms with Crippen LogP contribution >= 0.6 is 0 Å². The number of benzene rings is 1. The Morgan fingerprint density at radius 1 is 1.29 bits per heavy atom. The van der Waals surface area contributed by atoms with Gasteiger partial charge in [0.05, 0.1) is 10.6 Å². The summed E-state index contributed by atoms with van der Waals surface area (Å²) in [6, 6.07) is 8.12. The maximum Gasteiger partial charge on any atom is 0.271 e. The van der Waals surface area contributed by atoms with Gasteiger partial charge in [-0.05, 0) is 30.8 Å². The van der Waals surface area contributed by atoms with Gasteiger partial charge in [0.1, 0.15) is 5.66 Å². The van der Waals surface area contributed by atoms with Gasteiger partial charge in [-0.3, -0.25) is 10.1 Å². The smallest absolute Gasteiger partial charge is 0.271 e. The molecule has 0 bridgehead atoms. The summed E-state index contributed by atoms with van der Waals surface area (Å²) in [6.07, 6.45) is 11.6. The van der Waals surface area contributed by atoms with Crippen molar-refractivity contribution in [3.05, 3.63) is 82.5 Å². The van der Waals surface area contributed by atoms with Gasteiger partial charge < -0.3 is 16.0 Å². The van der Waals surface area contributed by atoms with Crippen LogP contribution in [0.4, 0.5) is 17.3 Å². The molecule has 8 nitrogen and oxygen atoms in total. The lowest BCUT2D eigenvalue weighted by Gasteiger charge is -2.34. The molecule has 2 aliphatic heterocycles. The van der Waals surface area contributed by atoms with E-state index in [4.69, 9.17) is 0 Å². The fourth-order valence-corrected chi connectivity index (χ4v) is 3.53. The quantitative estimate of drug-likeness (QED) is 0.522. The number of allylic oxidation sites excluding steroid dienone is 2. The number of anilines is 2. The summed E-state index contributed by atoms with van der Waals surface area (Å²) in [5.74, 6) is 0.381. The standard InChI is InChI=1S/C20H20N6O2/c1-2-9-20-17(7-4-10-22-20)16(13-23-20)18-8-11-21-19(25-18)24-14-5-3-6-15(12-14)26(27)28/h3-8,10-13,22-23H,2,9H2,1H3,(H,21,24,25). The Hall–Kier alpha value is -3.68. The molecule has 2 aliphatic rings. The number of dihydropyridines is 1. The van der Waals surface area contributed by atoms with Crippen molar-refractivity contribution in [2.45, 2.75) is 25.4 Å². The first kappa shape index (κ1) is 17.7. The van der Waals surface area contributed by atoms with Gasteiger partial charge in [0, 0.05) is 41.4 Å². The first-order valence-electron chi connectivity index (χ1n) is 9.09. The normalized spacial score (nSPS) is 19.8. The number of nitro benzene ring substituents is 1. The van der Waals surface area contributed by atoms with Gasteiger partial charge in [-0.15, -0.1) is 0 Å². The third-order valence-corrected chi connectivity index (χ3v) is 4.77. The van der Waals surface area contributed by atoms with E-state index in [1.165, 1.54) is 12.1 Å². The molecule has 0 spiro atoms. The largest absolute Gasteiger partial charge is 0.365 e. The highest BCUT2D eigenvalue weighted by Crippen LogP contribution is 2.38. The van der Waals surface area contributed by atoms with Crippen LogP contribution in [0, 0.1) is 10.1 Å². The molecule has 1 aromatic heterocycles. The highest BCUT2D eigenvalue weighted by molar-refractivity contribution is 5.83. The summed E-state index contributed by atoms with van der Waals surface area (Å²) in [7, 11) is 0. The van der Waals surface area contributed by atoms with Gasteiger partial charge >= 0.3 is 0 Å². The van der Waals surface area contributed by atoms with Gasteiger partial charge in [0.25, 0.3) is 5.69 Å². The third kappa shape index (κ3) is 3.20. The lowest BCUT2D eigenvalue weighted by molar-refractivity contribution is -0.384. The maximum atomic E-state index is 11.0. The number of aromatic nitrogens is 2. The number of nitro groups is 1. The Labute approximate surface area is 162 Å². The summed E-state index contributed by atoms with van der Waals surface area (Å²) in [5, 5.41) is 20.9. The lowest BCUT2D eigenvalue weighted by atomic mass is 9.89. The monoisotopic (exact) mass is 376 g/mol. The van der Waals surface area contributed by atoms with Crippen molar-refractivity contribution in [1.82, 2.24) is 20.6 Å². The molecule has 0 aliphatic carbocycles. The minimum Gasteiger partial charge on any atom is -0.365 e. The predicted octanol–water partition coefficient (Wildman–Crippen LogP) is 3.61. The maximum absolute atomic E-state index is 11.0. The van der Waals surface area contributed by atoms with Gasteiger partial charge in [-0.2, -0.15) is 0 Å². The summed E-state index contributed by atoms with van der Waals surface area (Å²) in [5.41, 5.74) is 3.17. The summed E-state index contributed by atoms with van der Waals surface area (Å²) < 4.78 is 0. The second-order valence-corrected chi connectivity index (χ2v) is 6.64. The number of fused-ring (bicyclic) bond motifs is 1. The Bertz CT molecular complexity index is 1010. The Balaban J connectivity index is 1.61. The molecular weight excluding hydrogens is 356 g/mol. The highest BCUT2D eigenvalue weighted by Gasteiger charge is 2.39. The fraction of sp³-hybridized carbons (Fsp3) is 0.200. The summed E-state index contributed by atoms with van der Waals surface area (Å²) >= 11 is 0. The molecule has 0 fully saturated rings. The van der Waals surface area contributed by atoms with Crippen molar-refractivity contribution in [3.63, 3.8) is 0 Å². The Kier molecular flexibility index (Phi) is 4.52. The second-order valence-electron chi connectivity index (χ2n) is 6.64. The van der Waals surface area contributed by atoms with Gasteiger partial charge in [0.15, 0.2) is 0 Å². The van der Waals surface area contributed by atoms with Crippen LogP contribution in [0.15, 0.2) is 66.7 Å². The zero-order chi connectivity index (χ0) is 19.6. The number of hydrogen-bond acceptors (Lipinski definition) is 7. The van der Waals surface area contributed by atoms with Crippen LogP contribution in [0.5, 0.6) is 0 Å². The molecule has 4 rings (SSSR count). The highest BCUT2D eigenvalue weighted by atomic mass is 16.6. The first-order chi connectivity index (χ1) is 13.6. The summed E-state index contributed by atoms with van der Waals surface area (Å²) in [4.78, 5) is 19.4. The number of non-ortho nitro benzene ring substituents is 1. The van der Waals surface area contributed by atoms with Gasteiger partial charge in [-0.25, -0.2) is 9.97 Å². The molecule has 0 amide bonds. The van der Waals surface area contributed by atoms with E-state index in [1.54, 1.807) is 18.3 Å². The zero-order valence-electron chi connectivity index (χ0n) is 15.3. The van der Waals surface area contributed by atoms with E-state index in [2.05, 4.69) is 38.9 Å². The van der Waals surface area contributed by atoms with Crippen molar-refractivity contribution in [2.75, 3.05) is 5.32 Å². The molecule has 0 radical (unpaired) electrons. The van der Waals surface area contributed by atoms with Crippen molar-refractivity contribution in [3.8, 4) is 0 Å². The number of nitrogens with one attached hydrogen (secondary N) is 3. The van der Waals surface area contributed by atoms with E-state index in [0.717, 1.165) is 29.7 Å². The van der Waals surface area contributed by atoms with Crippen LogP contribution in [0.25, 0.3) is 5.57 Å². The van der Waals surface area contributed by atoms with Crippen LogP contribution in [-0.2, 0) is 0 Å². The zero-order valence-corrected chi connectivity index (χ0v) is 15.3. The first-order valence-corrected chi connectivity index (χ1v) is 9.09. The lowest BCUT2D eigenvalue weighted by Crippen LogP contribution is -2.52. The Morgan fingerprint density at radius 2 is 2.18 bits per heavy atom. The van der Waals surface area contributed by atoms with E-state index >= 15 is 0 Å². The van der Waals surface area contributed by atoms with Crippen LogP contribution in [0.3, 0.4) is 0 Å². The molecule has 3 N–H and O–H groups in total. The van der Waals surface area contributed by atoms with E-state index in [1.807, 2.05) is 24.5 Å². The molecule has 8 heteroatoms. The van der Waals surface area contributed by atoms with Crippen LogP contribution in [0.2, 0.25) is 0 Å². The fourth-order valence-electron chi connectivity index (χ4n) is 3.53. The van der Waals surface area contributed by atoms with Gasteiger partial charge in [0.2, 0.25) is 5.95 Å². The number of nitrogens with zero attached hydrogens (tertiary/aromatic N) is 3. The average molecular weight is 376 g/mol. The molecule has 1 unspecified atom stereocenters. The number of hydrogen-bond donors (Lipinski definition) is 3. The third-order valence-electron chi connectivity index (χ3n) is 4.77. The molecule has 0 saturated carbocycles. The molecule has 1 aromatic carbocycles. The summed E-state index contributed by atoms with van der Waals surface area (Å²) in [6.45, 7) is 2.15. The van der Waals surface area contributed by atoms with Crippen molar-refractivity contribution >= 4 is 22.9 Å². The van der Waals surface area contributed by atoms with Crippen molar-refractivity contribution in [1.29, 1.82) is 0 Å². The molecule has 0 saturated heterocycles. The van der Waals surface area contributed by atoms with E-state index in [0.29, 0.717) is 11.6 Å². The average Bonchev–Trinajstić information content (AvgIpc) is 3.08. The molecule has 3 heterocycles. The topological polar surface area (TPSA) is 105 Å². The number of rotatable bonds is 6. The van der Waals surface area contributed by atoms with Crippen molar-refractivity contribution < 1.29 is 4.92 Å². The SMILES string of the molecule is CCCC12NC=CC=C1C(c1ccnc(Nc3cccc([N+](=O)[O-])c3)n1)=CN2. The second kappa shape index (κ2) is 7.15. The predicted molar refractivity (Wildman–Crippen MR) is 108 cm³/mol.